The summed E-state index contributed by atoms with van der Waals surface area (Å²) >= 11 is 0. The minimum absolute atomic E-state index is 0.669. The van der Waals surface area contributed by atoms with Gasteiger partial charge in [-0.25, -0.2) is 5.01 Å². The molecule has 1 unspecified atom stereocenters. The van der Waals surface area contributed by atoms with Crippen LogP contribution in [0.2, 0.25) is 0 Å². The van der Waals surface area contributed by atoms with E-state index in [0.717, 1.165) is 0 Å². The molecule has 0 fully saturated rings. The number of rotatable bonds is 4. The normalized spacial score (nSPS) is 14.2. The summed E-state index contributed by atoms with van der Waals surface area (Å²) in [7, 11) is -3.84. The average Bonchev–Trinajstić information content (AvgIpc) is 1.82. The zero-order chi connectivity index (χ0) is 9.07. The van der Waals surface area contributed by atoms with Crippen LogP contribution in [0.4, 0.5) is 0 Å². The molecule has 0 heterocycles. The van der Waals surface area contributed by atoms with Crippen LogP contribution >= 0.6 is 7.82 Å². The van der Waals surface area contributed by atoms with Gasteiger partial charge in [-0.2, -0.15) is 0 Å². The number of phosphoric ester groups is 1. The molecule has 0 bridgehead atoms. The highest BCUT2D eigenvalue weighted by Gasteiger charge is 2.08. The van der Waals surface area contributed by atoms with Crippen molar-refractivity contribution in [1.29, 1.82) is 0 Å². The topological polar surface area (TPSA) is 105 Å². The van der Waals surface area contributed by atoms with E-state index in [-0.39, 0.29) is 0 Å². The molecule has 8 heteroatoms. The standard InChI is InChI=1S/C3H9N2O5P/c1-3(5(2)4-6)10-11(7,8)9/h3H,1-2H3,(H2,7,8,9)/p-2. The van der Waals surface area contributed by atoms with Gasteiger partial charge in [-0.05, 0) is 6.92 Å². The first-order valence-electron chi connectivity index (χ1n) is 2.63. The van der Waals surface area contributed by atoms with Gasteiger partial charge in [0.05, 0.1) is 13.1 Å². The molecule has 0 N–H and O–H groups in total. The SMILES string of the molecule is CC(OP(=O)([O-])[O-])N(C)N=O. The maximum Gasteiger partial charge on any atom is 0.150 e. The summed E-state index contributed by atoms with van der Waals surface area (Å²) in [4.78, 5) is 29.6. The van der Waals surface area contributed by atoms with Gasteiger partial charge in [0.2, 0.25) is 0 Å². The van der Waals surface area contributed by atoms with Gasteiger partial charge in [0.1, 0.15) is 0 Å². The number of phosphoric acid groups is 1. The van der Waals surface area contributed by atoms with Crippen molar-refractivity contribution < 1.29 is 18.9 Å². The Labute approximate surface area is 63.1 Å². The highest BCUT2D eigenvalue weighted by molar-refractivity contribution is 7.43. The molecular weight excluding hydrogens is 175 g/mol. The summed E-state index contributed by atoms with van der Waals surface area (Å²) < 4.78 is 13.8. The van der Waals surface area contributed by atoms with Crippen molar-refractivity contribution in [2.45, 2.75) is 13.2 Å². The van der Waals surface area contributed by atoms with Crippen LogP contribution in [-0.2, 0) is 9.09 Å². The predicted molar refractivity (Wildman–Crippen MR) is 31.7 cm³/mol. The van der Waals surface area contributed by atoms with Crippen LogP contribution in [0.1, 0.15) is 6.92 Å². The Kier molecular flexibility index (Phi) is 3.61. The van der Waals surface area contributed by atoms with E-state index in [1.807, 2.05) is 0 Å². The monoisotopic (exact) mass is 182 g/mol. The van der Waals surface area contributed by atoms with Gasteiger partial charge in [0.15, 0.2) is 6.23 Å². The van der Waals surface area contributed by atoms with Gasteiger partial charge in [-0.1, -0.05) is 0 Å². The molecule has 0 amide bonds. The van der Waals surface area contributed by atoms with Gasteiger partial charge in [0, 0.05) is 7.05 Å². The lowest BCUT2D eigenvalue weighted by Gasteiger charge is -2.33. The molecule has 0 aromatic heterocycles. The molecular formula is C3H7N2O5P-2. The number of hydrogen-bond acceptors (Lipinski definition) is 6. The van der Waals surface area contributed by atoms with Gasteiger partial charge in [-0.15, -0.1) is 4.91 Å². The molecule has 0 saturated heterocycles. The number of nitrogens with zero attached hydrogens (tertiary/aromatic N) is 2. The van der Waals surface area contributed by atoms with Crippen LogP contribution in [0.15, 0.2) is 5.29 Å². The second-order valence-electron chi connectivity index (χ2n) is 1.81. The van der Waals surface area contributed by atoms with Gasteiger partial charge in [0.25, 0.3) is 0 Å². The Morgan fingerprint density at radius 3 is 2.36 bits per heavy atom. The fourth-order valence-electron chi connectivity index (χ4n) is 0.321. The Balaban J connectivity index is 3.97. The van der Waals surface area contributed by atoms with E-state index >= 15 is 0 Å². The van der Waals surface area contributed by atoms with Gasteiger partial charge >= 0.3 is 0 Å². The van der Waals surface area contributed by atoms with Crippen molar-refractivity contribution in [3.8, 4) is 0 Å². The smallest absolute Gasteiger partial charge is 0.150 e. The van der Waals surface area contributed by atoms with Crippen molar-refractivity contribution in [2.24, 2.45) is 5.29 Å². The van der Waals surface area contributed by atoms with E-state index in [1.165, 1.54) is 14.0 Å². The van der Waals surface area contributed by atoms with E-state index in [9.17, 15) is 19.3 Å². The first-order valence-corrected chi connectivity index (χ1v) is 4.09. The molecule has 0 rings (SSSR count). The van der Waals surface area contributed by atoms with Crippen LogP contribution in [0.25, 0.3) is 0 Å². The molecule has 0 radical (unpaired) electrons. The maximum atomic E-state index is 9.94. The molecule has 0 aliphatic rings. The lowest BCUT2D eigenvalue weighted by molar-refractivity contribution is -0.347. The summed E-state index contributed by atoms with van der Waals surface area (Å²) in [5.74, 6) is 0. The molecule has 7 nitrogen and oxygen atoms in total. The van der Waals surface area contributed by atoms with Crippen LogP contribution in [0.5, 0.6) is 0 Å². The van der Waals surface area contributed by atoms with Crippen LogP contribution in [0, 0.1) is 4.91 Å². The van der Waals surface area contributed by atoms with Crippen LogP contribution < -0.4 is 9.79 Å². The Morgan fingerprint density at radius 1 is 1.64 bits per heavy atom. The van der Waals surface area contributed by atoms with Crippen LogP contribution in [-0.4, -0.2) is 18.3 Å². The fraction of sp³-hybridized carbons (Fsp3) is 1.00. The van der Waals surface area contributed by atoms with E-state index in [4.69, 9.17) is 0 Å². The summed E-state index contributed by atoms with van der Waals surface area (Å²) in [6, 6.07) is 0. The second kappa shape index (κ2) is 3.77. The third kappa shape index (κ3) is 4.86. The molecule has 66 valence electrons. The number of hydrogen-bond donors (Lipinski definition) is 0. The zero-order valence-electron chi connectivity index (χ0n) is 5.96. The molecule has 0 aliphatic carbocycles. The fourth-order valence-corrected chi connectivity index (χ4v) is 0.832. The highest BCUT2D eigenvalue weighted by Crippen LogP contribution is 2.27. The Bertz CT molecular complexity index is 179. The van der Waals surface area contributed by atoms with E-state index in [0.29, 0.717) is 5.01 Å². The first-order chi connectivity index (χ1) is 4.87. The highest BCUT2D eigenvalue weighted by atomic mass is 31.2. The summed E-state index contributed by atoms with van der Waals surface area (Å²) in [5.41, 5.74) is 0. The molecule has 0 aromatic carbocycles. The molecule has 0 saturated carbocycles. The quantitative estimate of drug-likeness (QED) is 0.234. The van der Waals surface area contributed by atoms with Crippen molar-refractivity contribution in [3.63, 3.8) is 0 Å². The molecule has 1 atom stereocenters. The third-order valence-corrected chi connectivity index (χ3v) is 1.50. The van der Waals surface area contributed by atoms with E-state index in [1.54, 1.807) is 0 Å². The lowest BCUT2D eigenvalue weighted by Crippen LogP contribution is -2.30. The third-order valence-electron chi connectivity index (χ3n) is 0.937. The second-order valence-corrected chi connectivity index (χ2v) is 2.91. The molecule has 0 aromatic rings. The summed E-state index contributed by atoms with van der Waals surface area (Å²) in [6.45, 7) is 1.21. The maximum absolute atomic E-state index is 9.94. The summed E-state index contributed by atoms with van der Waals surface area (Å²) in [5, 5.41) is 3.00. The average molecular weight is 182 g/mol. The van der Waals surface area contributed by atoms with Gasteiger partial charge in [-0.3, -0.25) is 0 Å². The van der Waals surface area contributed by atoms with Gasteiger partial charge < -0.3 is 18.9 Å². The molecule has 11 heavy (non-hydrogen) atoms. The van der Waals surface area contributed by atoms with E-state index < -0.39 is 14.1 Å². The summed E-state index contributed by atoms with van der Waals surface area (Å²) in [6.07, 6.45) is -1.16. The number of nitroso groups, excluding NO2 is 1. The Morgan fingerprint density at radius 2 is 2.09 bits per heavy atom. The van der Waals surface area contributed by atoms with Crippen molar-refractivity contribution in [1.82, 2.24) is 5.01 Å². The van der Waals surface area contributed by atoms with Crippen LogP contribution in [0.3, 0.4) is 0 Å². The van der Waals surface area contributed by atoms with Crippen molar-refractivity contribution in [2.75, 3.05) is 7.05 Å². The van der Waals surface area contributed by atoms with Crippen molar-refractivity contribution in [3.05, 3.63) is 4.91 Å². The Hall–Kier alpha value is -0.490. The molecule has 0 spiro atoms. The molecule has 0 aliphatic heterocycles. The minimum Gasteiger partial charge on any atom is -0.790 e. The lowest BCUT2D eigenvalue weighted by atomic mass is 10.7. The largest absolute Gasteiger partial charge is 0.790 e. The first kappa shape index (κ1) is 10.5. The minimum atomic E-state index is -5.03. The van der Waals surface area contributed by atoms with Crippen molar-refractivity contribution >= 4 is 7.82 Å². The predicted octanol–water partition coefficient (Wildman–Crippen LogP) is -1.21. The van der Waals surface area contributed by atoms with E-state index in [2.05, 4.69) is 9.81 Å². The zero-order valence-corrected chi connectivity index (χ0v) is 6.85.